The number of ether oxygens (including phenoxy) is 1. The summed E-state index contributed by atoms with van der Waals surface area (Å²) >= 11 is 0. The number of aliphatic hydroxyl groups excluding tert-OH is 1. The quantitative estimate of drug-likeness (QED) is 0.617. The van der Waals surface area contributed by atoms with Gasteiger partial charge in [0.2, 0.25) is 10.0 Å². The van der Waals surface area contributed by atoms with Gasteiger partial charge in [0.15, 0.2) is 0 Å². The summed E-state index contributed by atoms with van der Waals surface area (Å²) in [4.78, 5) is 0. The van der Waals surface area contributed by atoms with Crippen molar-refractivity contribution >= 4 is 19.9 Å². The predicted molar refractivity (Wildman–Crippen MR) is 66.5 cm³/mol. The predicted octanol–water partition coefficient (Wildman–Crippen LogP) is -1.51. The number of hydrogen-bond acceptors (Lipinski definition) is 6. The fourth-order valence-electron chi connectivity index (χ4n) is 1.70. The zero-order valence-electron chi connectivity index (χ0n) is 10.3. The molecule has 0 aromatic carbocycles. The molecule has 0 aromatic heterocycles. The molecule has 1 aliphatic rings. The Morgan fingerprint density at radius 3 is 2.17 bits per heavy atom. The summed E-state index contributed by atoms with van der Waals surface area (Å²) in [6, 6.07) is 0. The molecule has 0 aromatic rings. The van der Waals surface area contributed by atoms with Crippen molar-refractivity contribution in [3.05, 3.63) is 0 Å². The van der Waals surface area contributed by atoms with Crippen LogP contribution in [0, 0.1) is 0 Å². The molecule has 0 atom stereocenters. The number of rotatable bonds is 6. The smallest absolute Gasteiger partial charge is 0.213 e. The third-order valence-corrected chi connectivity index (χ3v) is 5.54. The van der Waals surface area contributed by atoms with E-state index in [-0.39, 0.29) is 6.61 Å². The maximum absolute atomic E-state index is 11.8. The highest BCUT2D eigenvalue weighted by molar-refractivity contribution is 7.93. The SMILES string of the molecule is CS(=O)(=O)CCS(=O)(=O)NC1(CO)CCOCC1. The monoisotopic (exact) mass is 301 g/mol. The van der Waals surface area contributed by atoms with Crippen LogP contribution in [0.15, 0.2) is 0 Å². The average molecular weight is 301 g/mol. The maximum Gasteiger partial charge on any atom is 0.213 e. The summed E-state index contributed by atoms with van der Waals surface area (Å²) in [6.45, 7) is 0.415. The highest BCUT2D eigenvalue weighted by Crippen LogP contribution is 2.21. The van der Waals surface area contributed by atoms with Gasteiger partial charge in [-0.2, -0.15) is 0 Å². The topological polar surface area (TPSA) is 110 Å². The highest BCUT2D eigenvalue weighted by Gasteiger charge is 2.36. The molecule has 0 amide bonds. The molecule has 18 heavy (non-hydrogen) atoms. The Kier molecular flexibility index (Phi) is 5.13. The van der Waals surface area contributed by atoms with Crippen LogP contribution < -0.4 is 4.72 Å². The molecule has 0 saturated carbocycles. The van der Waals surface area contributed by atoms with Gasteiger partial charge in [0.25, 0.3) is 0 Å². The van der Waals surface area contributed by atoms with Crippen LogP contribution in [0.5, 0.6) is 0 Å². The van der Waals surface area contributed by atoms with Gasteiger partial charge in [-0.05, 0) is 12.8 Å². The molecule has 1 aliphatic heterocycles. The minimum atomic E-state index is -3.73. The third-order valence-electron chi connectivity index (χ3n) is 2.85. The largest absolute Gasteiger partial charge is 0.394 e. The van der Waals surface area contributed by atoms with Gasteiger partial charge < -0.3 is 9.84 Å². The Balaban J connectivity index is 2.68. The number of nitrogens with one attached hydrogen (secondary N) is 1. The second kappa shape index (κ2) is 5.83. The first-order chi connectivity index (χ1) is 8.18. The van der Waals surface area contributed by atoms with Crippen LogP contribution in [-0.2, 0) is 24.6 Å². The fraction of sp³-hybridized carbons (Fsp3) is 1.00. The first-order valence-electron chi connectivity index (χ1n) is 5.56. The lowest BCUT2D eigenvalue weighted by molar-refractivity contribution is 0.0223. The van der Waals surface area contributed by atoms with Gasteiger partial charge in [-0.1, -0.05) is 0 Å². The first kappa shape index (κ1) is 15.8. The summed E-state index contributed by atoms with van der Waals surface area (Å²) in [7, 11) is -7.06. The van der Waals surface area contributed by atoms with Gasteiger partial charge in [0, 0.05) is 19.5 Å². The van der Waals surface area contributed by atoms with Crippen LogP contribution in [0.25, 0.3) is 0 Å². The summed E-state index contributed by atoms with van der Waals surface area (Å²) in [5, 5.41) is 9.33. The molecule has 9 heteroatoms. The van der Waals surface area contributed by atoms with E-state index in [0.717, 1.165) is 6.26 Å². The number of sulfone groups is 1. The summed E-state index contributed by atoms with van der Waals surface area (Å²) in [6.07, 6.45) is 1.74. The molecule has 2 N–H and O–H groups in total. The van der Waals surface area contributed by atoms with Crippen molar-refractivity contribution in [2.75, 3.05) is 37.6 Å². The number of aliphatic hydroxyl groups is 1. The molecular weight excluding hydrogens is 282 g/mol. The summed E-state index contributed by atoms with van der Waals surface area (Å²) < 4.78 is 53.0. The Bertz CT molecular complexity index is 463. The van der Waals surface area contributed by atoms with E-state index < -0.39 is 36.9 Å². The van der Waals surface area contributed by atoms with Gasteiger partial charge in [-0.25, -0.2) is 21.6 Å². The van der Waals surface area contributed by atoms with Gasteiger partial charge in [-0.3, -0.25) is 0 Å². The van der Waals surface area contributed by atoms with E-state index >= 15 is 0 Å². The zero-order chi connectivity index (χ0) is 13.9. The normalized spacial score (nSPS) is 20.8. The second-order valence-corrected chi connectivity index (χ2v) is 8.70. The molecule has 1 fully saturated rings. The molecule has 0 aliphatic carbocycles. The van der Waals surface area contributed by atoms with Crippen molar-refractivity contribution < 1.29 is 26.7 Å². The first-order valence-corrected chi connectivity index (χ1v) is 9.27. The summed E-state index contributed by atoms with van der Waals surface area (Å²) in [5.41, 5.74) is -0.922. The van der Waals surface area contributed by atoms with Crippen molar-refractivity contribution in [1.82, 2.24) is 4.72 Å². The molecule has 0 bridgehead atoms. The standard InChI is InChI=1S/C9H19NO6S2/c1-17(12,13)6-7-18(14,15)10-9(8-11)2-4-16-5-3-9/h10-11H,2-8H2,1H3. The van der Waals surface area contributed by atoms with Gasteiger partial charge in [0.1, 0.15) is 9.84 Å². The van der Waals surface area contributed by atoms with Crippen LogP contribution >= 0.6 is 0 Å². The Hall–Kier alpha value is -0.220. The van der Waals surface area contributed by atoms with Gasteiger partial charge >= 0.3 is 0 Å². The maximum atomic E-state index is 11.8. The lowest BCUT2D eigenvalue weighted by Gasteiger charge is -2.35. The van der Waals surface area contributed by atoms with E-state index in [9.17, 15) is 21.9 Å². The fourth-order valence-corrected chi connectivity index (χ4v) is 4.82. The van der Waals surface area contributed by atoms with Crippen LogP contribution in [0.4, 0.5) is 0 Å². The molecule has 0 unspecified atom stereocenters. The van der Waals surface area contributed by atoms with E-state index in [1.807, 2.05) is 0 Å². The minimum absolute atomic E-state index is 0.325. The van der Waals surface area contributed by atoms with E-state index in [1.165, 1.54) is 0 Å². The highest BCUT2D eigenvalue weighted by atomic mass is 32.2. The van der Waals surface area contributed by atoms with Crippen molar-refractivity contribution in [1.29, 1.82) is 0 Å². The number of hydrogen-bond donors (Lipinski definition) is 2. The van der Waals surface area contributed by atoms with Crippen molar-refractivity contribution in [2.45, 2.75) is 18.4 Å². The lowest BCUT2D eigenvalue weighted by atomic mass is 9.93. The zero-order valence-corrected chi connectivity index (χ0v) is 11.9. The molecule has 1 rings (SSSR count). The van der Waals surface area contributed by atoms with Crippen LogP contribution in [0.2, 0.25) is 0 Å². The molecule has 1 heterocycles. The second-order valence-electron chi connectivity index (χ2n) is 4.60. The van der Waals surface area contributed by atoms with Gasteiger partial charge in [-0.15, -0.1) is 0 Å². The van der Waals surface area contributed by atoms with Crippen molar-refractivity contribution in [3.8, 4) is 0 Å². The molecule has 7 nitrogen and oxygen atoms in total. The number of sulfonamides is 1. The molecule has 108 valence electrons. The minimum Gasteiger partial charge on any atom is -0.394 e. The van der Waals surface area contributed by atoms with E-state index in [4.69, 9.17) is 4.74 Å². The molecule has 1 saturated heterocycles. The van der Waals surface area contributed by atoms with E-state index in [0.29, 0.717) is 26.1 Å². The van der Waals surface area contributed by atoms with Crippen molar-refractivity contribution in [2.24, 2.45) is 0 Å². The van der Waals surface area contributed by atoms with Gasteiger partial charge in [0.05, 0.1) is 23.7 Å². The molecule has 0 radical (unpaired) electrons. The van der Waals surface area contributed by atoms with Crippen LogP contribution in [0.3, 0.4) is 0 Å². The van der Waals surface area contributed by atoms with E-state index in [1.54, 1.807) is 0 Å². The summed E-state index contributed by atoms with van der Waals surface area (Å²) in [5.74, 6) is -0.922. The molecular formula is C9H19NO6S2. The average Bonchev–Trinajstić information content (AvgIpc) is 2.27. The molecule has 0 spiro atoms. The Morgan fingerprint density at radius 1 is 1.17 bits per heavy atom. The van der Waals surface area contributed by atoms with Crippen LogP contribution in [0.1, 0.15) is 12.8 Å². The van der Waals surface area contributed by atoms with E-state index in [2.05, 4.69) is 4.72 Å². The third kappa shape index (κ3) is 5.19. The Labute approximate surface area is 107 Å². The van der Waals surface area contributed by atoms with Crippen LogP contribution in [-0.4, -0.2) is 65.1 Å². The lowest BCUT2D eigenvalue weighted by Crippen LogP contribution is -2.55. The van der Waals surface area contributed by atoms with Crippen molar-refractivity contribution in [3.63, 3.8) is 0 Å². The Morgan fingerprint density at radius 2 is 1.72 bits per heavy atom.